The van der Waals surface area contributed by atoms with Crippen molar-refractivity contribution in [1.29, 1.82) is 0 Å². The largest absolute Gasteiger partial charge is 0.294 e. The van der Waals surface area contributed by atoms with E-state index in [1.54, 1.807) is 0 Å². The normalized spacial score (nSPS) is 17.7. The van der Waals surface area contributed by atoms with Gasteiger partial charge in [0.1, 0.15) is 0 Å². The van der Waals surface area contributed by atoms with Crippen LogP contribution in [0.2, 0.25) is 0 Å². The van der Waals surface area contributed by atoms with Crippen LogP contribution in [-0.4, -0.2) is 5.78 Å². The van der Waals surface area contributed by atoms with E-state index < -0.39 is 0 Å². The third-order valence-corrected chi connectivity index (χ3v) is 4.98. The summed E-state index contributed by atoms with van der Waals surface area (Å²) >= 11 is 0. The molecule has 1 aliphatic carbocycles. The summed E-state index contributed by atoms with van der Waals surface area (Å²) in [6.45, 7) is 2.24. The number of carbonyl (C=O) groups excluding carboxylic acids is 1. The Labute approximate surface area is 135 Å². The molecule has 1 aromatic rings. The molecule has 0 radical (unpaired) electrons. The van der Waals surface area contributed by atoms with Gasteiger partial charge in [0.25, 0.3) is 0 Å². The van der Waals surface area contributed by atoms with E-state index in [2.05, 4.69) is 19.1 Å². The predicted octanol–water partition coefficient (Wildman–Crippen LogP) is 6.35. The molecule has 0 amide bonds. The molecule has 120 valence electrons. The van der Waals surface area contributed by atoms with Gasteiger partial charge in [-0.2, -0.15) is 0 Å². The first-order chi connectivity index (χ1) is 10.8. The maximum atomic E-state index is 13.1. The fourth-order valence-corrected chi connectivity index (χ4v) is 3.59. The highest BCUT2D eigenvalue weighted by molar-refractivity contribution is 6.00. The standard InChI is InChI=1S/C21H30O/c1-2-3-4-5-6-11-16-21(17-12-8-13-18-21)20(22)19-14-9-7-10-15-19/h6-7,9-11,14-15H,2-5,8,12-13,16-18H2,1H3/b11-6+. The van der Waals surface area contributed by atoms with Crippen LogP contribution in [-0.2, 0) is 0 Å². The van der Waals surface area contributed by atoms with Crippen LogP contribution in [0, 0.1) is 5.41 Å². The van der Waals surface area contributed by atoms with Crippen LogP contribution >= 0.6 is 0 Å². The Morgan fingerprint density at radius 3 is 2.45 bits per heavy atom. The van der Waals surface area contributed by atoms with Crippen molar-refractivity contribution in [2.45, 2.75) is 71.1 Å². The minimum absolute atomic E-state index is 0.138. The Kier molecular flexibility index (Phi) is 6.89. The van der Waals surface area contributed by atoms with E-state index in [1.165, 1.54) is 38.5 Å². The third kappa shape index (κ3) is 4.56. The smallest absolute Gasteiger partial charge is 0.169 e. The molecule has 1 nitrogen and oxygen atoms in total. The number of hydrogen-bond donors (Lipinski definition) is 0. The topological polar surface area (TPSA) is 17.1 Å². The third-order valence-electron chi connectivity index (χ3n) is 4.98. The zero-order chi connectivity index (χ0) is 15.7. The maximum absolute atomic E-state index is 13.1. The number of allylic oxidation sites excluding steroid dienone is 2. The quantitative estimate of drug-likeness (QED) is 0.310. The van der Waals surface area contributed by atoms with Gasteiger partial charge in [0.05, 0.1) is 0 Å². The molecule has 1 aliphatic rings. The summed E-state index contributed by atoms with van der Waals surface area (Å²) in [6, 6.07) is 9.89. The minimum Gasteiger partial charge on any atom is -0.294 e. The molecule has 0 aromatic heterocycles. The van der Waals surface area contributed by atoms with Crippen LogP contribution in [0.3, 0.4) is 0 Å². The van der Waals surface area contributed by atoms with Crippen molar-refractivity contribution in [2.75, 3.05) is 0 Å². The molecule has 0 bridgehead atoms. The van der Waals surface area contributed by atoms with Gasteiger partial charge in [-0.15, -0.1) is 0 Å². The summed E-state index contributed by atoms with van der Waals surface area (Å²) in [5.41, 5.74) is 0.754. The van der Waals surface area contributed by atoms with Crippen LogP contribution < -0.4 is 0 Å². The molecule has 0 spiro atoms. The van der Waals surface area contributed by atoms with Crippen molar-refractivity contribution in [1.82, 2.24) is 0 Å². The monoisotopic (exact) mass is 298 g/mol. The summed E-state index contributed by atoms with van der Waals surface area (Å²) in [5.74, 6) is 0.367. The number of benzene rings is 1. The van der Waals surface area contributed by atoms with E-state index in [1.807, 2.05) is 30.3 Å². The second kappa shape index (κ2) is 8.92. The molecule has 1 fully saturated rings. The van der Waals surface area contributed by atoms with Crippen LogP contribution in [0.1, 0.15) is 81.5 Å². The molecule has 0 heterocycles. The molecule has 0 saturated heterocycles. The van der Waals surface area contributed by atoms with Crippen molar-refractivity contribution in [3.8, 4) is 0 Å². The number of unbranched alkanes of at least 4 members (excludes halogenated alkanes) is 3. The summed E-state index contributed by atoms with van der Waals surface area (Å²) in [6.07, 6.45) is 16.3. The minimum atomic E-state index is -0.138. The lowest BCUT2D eigenvalue weighted by molar-refractivity contribution is 0.0717. The van der Waals surface area contributed by atoms with Crippen molar-refractivity contribution in [3.63, 3.8) is 0 Å². The second-order valence-corrected chi connectivity index (χ2v) is 6.71. The van der Waals surface area contributed by atoms with E-state index in [0.29, 0.717) is 5.78 Å². The molecule has 0 N–H and O–H groups in total. The van der Waals surface area contributed by atoms with Gasteiger partial charge in [-0.3, -0.25) is 4.79 Å². The first-order valence-electron chi connectivity index (χ1n) is 9.03. The molecule has 1 saturated carbocycles. The van der Waals surface area contributed by atoms with Gasteiger partial charge in [0.2, 0.25) is 0 Å². The Morgan fingerprint density at radius 1 is 1.05 bits per heavy atom. The molecule has 0 unspecified atom stereocenters. The average molecular weight is 298 g/mol. The summed E-state index contributed by atoms with van der Waals surface area (Å²) in [4.78, 5) is 13.1. The lowest BCUT2D eigenvalue weighted by Gasteiger charge is -2.35. The fraction of sp³-hybridized carbons (Fsp3) is 0.571. The first kappa shape index (κ1) is 17.0. The lowest BCUT2D eigenvalue weighted by atomic mass is 9.67. The fourth-order valence-electron chi connectivity index (χ4n) is 3.59. The molecule has 1 heteroatoms. The molecule has 22 heavy (non-hydrogen) atoms. The van der Waals surface area contributed by atoms with Gasteiger partial charge >= 0.3 is 0 Å². The highest BCUT2D eigenvalue weighted by atomic mass is 16.1. The number of ketones is 1. The zero-order valence-electron chi connectivity index (χ0n) is 14.0. The number of carbonyl (C=O) groups is 1. The molecule has 0 aliphatic heterocycles. The first-order valence-corrected chi connectivity index (χ1v) is 9.03. The molecular weight excluding hydrogens is 268 g/mol. The van der Waals surface area contributed by atoms with E-state index in [9.17, 15) is 4.79 Å². The van der Waals surface area contributed by atoms with Gasteiger partial charge in [0, 0.05) is 11.0 Å². The summed E-state index contributed by atoms with van der Waals surface area (Å²) in [7, 11) is 0. The van der Waals surface area contributed by atoms with E-state index >= 15 is 0 Å². The molecule has 0 atom stereocenters. The SMILES string of the molecule is CCCCC/C=C/CC1(C(=O)c2ccccc2)CCCCC1. The van der Waals surface area contributed by atoms with Gasteiger partial charge < -0.3 is 0 Å². The Morgan fingerprint density at radius 2 is 1.77 bits per heavy atom. The Balaban J connectivity index is 2.02. The van der Waals surface area contributed by atoms with Crippen molar-refractivity contribution in [2.24, 2.45) is 5.41 Å². The summed E-state index contributed by atoms with van der Waals surface area (Å²) < 4.78 is 0. The van der Waals surface area contributed by atoms with Gasteiger partial charge in [-0.1, -0.05) is 81.5 Å². The number of Topliss-reactive ketones (excluding diaryl/α,β-unsaturated/α-hetero) is 1. The van der Waals surface area contributed by atoms with E-state index in [0.717, 1.165) is 31.2 Å². The van der Waals surface area contributed by atoms with Crippen LogP contribution in [0.5, 0.6) is 0 Å². The maximum Gasteiger partial charge on any atom is 0.169 e. The van der Waals surface area contributed by atoms with Crippen molar-refractivity contribution < 1.29 is 4.79 Å². The average Bonchev–Trinajstić information content (AvgIpc) is 2.59. The highest BCUT2D eigenvalue weighted by Crippen LogP contribution is 2.42. The van der Waals surface area contributed by atoms with Gasteiger partial charge in [-0.25, -0.2) is 0 Å². The van der Waals surface area contributed by atoms with Gasteiger partial charge in [0.15, 0.2) is 5.78 Å². The van der Waals surface area contributed by atoms with Gasteiger partial charge in [-0.05, 0) is 32.1 Å². The molecule has 2 rings (SSSR count). The number of rotatable bonds is 8. The zero-order valence-corrected chi connectivity index (χ0v) is 14.0. The Bertz CT molecular complexity index is 466. The van der Waals surface area contributed by atoms with Crippen LogP contribution in [0.25, 0.3) is 0 Å². The van der Waals surface area contributed by atoms with Crippen molar-refractivity contribution in [3.05, 3.63) is 48.0 Å². The summed E-state index contributed by atoms with van der Waals surface area (Å²) in [5, 5.41) is 0. The van der Waals surface area contributed by atoms with Crippen LogP contribution in [0.4, 0.5) is 0 Å². The van der Waals surface area contributed by atoms with Crippen LogP contribution in [0.15, 0.2) is 42.5 Å². The second-order valence-electron chi connectivity index (χ2n) is 6.71. The van der Waals surface area contributed by atoms with E-state index in [-0.39, 0.29) is 5.41 Å². The lowest BCUT2D eigenvalue weighted by Crippen LogP contribution is -2.33. The Hall–Kier alpha value is -1.37. The molecular formula is C21H30O. The van der Waals surface area contributed by atoms with E-state index in [4.69, 9.17) is 0 Å². The highest BCUT2D eigenvalue weighted by Gasteiger charge is 2.38. The molecule has 1 aromatic carbocycles. The predicted molar refractivity (Wildman–Crippen MR) is 94.2 cm³/mol. The van der Waals surface area contributed by atoms with Crippen molar-refractivity contribution >= 4 is 5.78 Å². The number of hydrogen-bond acceptors (Lipinski definition) is 1.